The molecule has 0 fully saturated rings. The van der Waals surface area contributed by atoms with E-state index in [2.05, 4.69) is 5.32 Å². The Morgan fingerprint density at radius 3 is 2.55 bits per heavy atom. The number of hydrogen-bond donors (Lipinski definition) is 1. The molecule has 0 aromatic heterocycles. The first-order valence-electron chi connectivity index (χ1n) is 10.0. The van der Waals surface area contributed by atoms with Crippen LogP contribution in [0, 0.1) is 0 Å². The molecule has 0 saturated heterocycles. The highest BCUT2D eigenvalue weighted by Crippen LogP contribution is 2.41. The maximum absolute atomic E-state index is 13.0. The van der Waals surface area contributed by atoms with Crippen LogP contribution in [0.5, 0.6) is 0 Å². The van der Waals surface area contributed by atoms with E-state index in [1.165, 1.54) is 4.31 Å². The molecule has 3 aromatic rings. The highest BCUT2D eigenvalue weighted by molar-refractivity contribution is 7.93. The SMILES string of the molecule is CCOC(=O)c1cccc(NC(=O)CCCN2c3cccc4cccc(c34)S2(=O)=O)c1. The van der Waals surface area contributed by atoms with Gasteiger partial charge in [-0.2, -0.15) is 0 Å². The van der Waals surface area contributed by atoms with Crippen molar-refractivity contribution in [2.75, 3.05) is 22.8 Å². The first kappa shape index (κ1) is 20.9. The third-order valence-electron chi connectivity index (χ3n) is 5.10. The van der Waals surface area contributed by atoms with Gasteiger partial charge in [0.25, 0.3) is 10.0 Å². The van der Waals surface area contributed by atoms with Crippen molar-refractivity contribution in [3.8, 4) is 0 Å². The Morgan fingerprint density at radius 1 is 1.03 bits per heavy atom. The van der Waals surface area contributed by atoms with Gasteiger partial charge in [0.15, 0.2) is 0 Å². The highest BCUT2D eigenvalue weighted by atomic mass is 32.2. The molecule has 0 bridgehead atoms. The lowest BCUT2D eigenvalue weighted by Crippen LogP contribution is -2.29. The lowest BCUT2D eigenvalue weighted by Gasteiger charge is -2.18. The number of esters is 1. The van der Waals surface area contributed by atoms with Gasteiger partial charge in [-0.05, 0) is 49.1 Å². The molecule has 0 aliphatic carbocycles. The molecule has 1 amide bonds. The standard InChI is InChI=1S/C23H22N2O5S/c1-2-30-23(27)17-9-3-10-18(15-17)24-21(26)13-6-14-25-19-11-4-7-16-8-5-12-20(22(16)19)31(25,28)29/h3-5,7-12,15H,2,6,13-14H2,1H3,(H,24,26). The third kappa shape index (κ3) is 3.98. The van der Waals surface area contributed by atoms with Gasteiger partial charge in [-0.15, -0.1) is 0 Å². The van der Waals surface area contributed by atoms with E-state index in [0.717, 1.165) is 10.8 Å². The number of nitrogens with one attached hydrogen (secondary N) is 1. The number of amides is 1. The van der Waals surface area contributed by atoms with Crippen molar-refractivity contribution >= 4 is 44.0 Å². The van der Waals surface area contributed by atoms with Crippen LogP contribution in [0.15, 0.2) is 65.6 Å². The van der Waals surface area contributed by atoms with Crippen molar-refractivity contribution in [2.45, 2.75) is 24.7 Å². The molecule has 0 radical (unpaired) electrons. The molecule has 31 heavy (non-hydrogen) atoms. The molecule has 4 rings (SSSR count). The summed E-state index contributed by atoms with van der Waals surface area (Å²) in [6, 6.07) is 17.3. The quantitative estimate of drug-likeness (QED) is 0.564. The molecule has 1 aliphatic rings. The summed E-state index contributed by atoms with van der Waals surface area (Å²) in [5, 5.41) is 4.35. The van der Waals surface area contributed by atoms with Crippen LogP contribution >= 0.6 is 0 Å². The second-order valence-corrected chi connectivity index (χ2v) is 8.99. The van der Waals surface area contributed by atoms with Crippen LogP contribution in [-0.2, 0) is 19.6 Å². The molecule has 1 aliphatic heterocycles. The summed E-state index contributed by atoms with van der Waals surface area (Å²) in [6.45, 7) is 2.20. The molecular formula is C23H22N2O5S. The number of benzene rings is 3. The molecule has 0 spiro atoms. The third-order valence-corrected chi connectivity index (χ3v) is 6.96. The monoisotopic (exact) mass is 438 g/mol. The summed E-state index contributed by atoms with van der Waals surface area (Å²) in [6.07, 6.45) is 0.495. The second-order valence-electron chi connectivity index (χ2n) is 7.16. The summed E-state index contributed by atoms with van der Waals surface area (Å²) in [4.78, 5) is 24.5. The van der Waals surface area contributed by atoms with E-state index in [-0.39, 0.29) is 25.5 Å². The number of carbonyl (C=O) groups excluding carboxylic acids is 2. The zero-order valence-electron chi connectivity index (χ0n) is 17.0. The minimum atomic E-state index is -3.63. The molecule has 160 valence electrons. The topological polar surface area (TPSA) is 92.8 Å². The molecule has 3 aromatic carbocycles. The molecule has 7 nitrogen and oxygen atoms in total. The molecule has 0 saturated carbocycles. The fraction of sp³-hybridized carbons (Fsp3) is 0.217. The van der Waals surface area contributed by atoms with Crippen molar-refractivity contribution in [1.82, 2.24) is 0 Å². The normalized spacial score (nSPS) is 13.9. The van der Waals surface area contributed by atoms with Gasteiger partial charge in [0.1, 0.15) is 0 Å². The highest BCUT2D eigenvalue weighted by Gasteiger charge is 2.35. The fourth-order valence-corrected chi connectivity index (χ4v) is 5.49. The smallest absolute Gasteiger partial charge is 0.338 e. The van der Waals surface area contributed by atoms with Gasteiger partial charge in [0.2, 0.25) is 5.91 Å². The Bertz CT molecular complexity index is 1260. The van der Waals surface area contributed by atoms with Crippen LogP contribution in [0.25, 0.3) is 10.8 Å². The maximum atomic E-state index is 13.0. The van der Waals surface area contributed by atoms with Crippen LogP contribution in [-0.4, -0.2) is 33.4 Å². The van der Waals surface area contributed by atoms with E-state index in [1.807, 2.05) is 18.2 Å². The predicted molar refractivity (Wildman–Crippen MR) is 119 cm³/mol. The van der Waals surface area contributed by atoms with E-state index < -0.39 is 16.0 Å². The van der Waals surface area contributed by atoms with E-state index in [9.17, 15) is 18.0 Å². The first-order valence-corrected chi connectivity index (χ1v) is 11.5. The van der Waals surface area contributed by atoms with Gasteiger partial charge in [-0.3, -0.25) is 9.10 Å². The molecule has 0 atom stereocenters. The summed E-state index contributed by atoms with van der Waals surface area (Å²) in [7, 11) is -3.63. The Hall–Kier alpha value is -3.39. The van der Waals surface area contributed by atoms with Crippen LogP contribution < -0.4 is 9.62 Å². The van der Waals surface area contributed by atoms with Gasteiger partial charge in [-0.1, -0.05) is 30.3 Å². The second kappa shape index (κ2) is 8.39. The zero-order chi connectivity index (χ0) is 22.0. The summed E-state index contributed by atoms with van der Waals surface area (Å²) >= 11 is 0. The van der Waals surface area contributed by atoms with Crippen molar-refractivity contribution in [1.29, 1.82) is 0 Å². The lowest BCUT2D eigenvalue weighted by molar-refractivity contribution is -0.116. The van der Waals surface area contributed by atoms with Gasteiger partial charge in [0, 0.05) is 24.0 Å². The van der Waals surface area contributed by atoms with Gasteiger partial charge in [-0.25, -0.2) is 13.2 Å². The number of anilines is 2. The Labute approximate surface area is 180 Å². The Morgan fingerprint density at radius 2 is 1.77 bits per heavy atom. The number of sulfonamides is 1. The van der Waals surface area contributed by atoms with Crippen molar-refractivity contribution < 1.29 is 22.7 Å². The van der Waals surface area contributed by atoms with Crippen LogP contribution in [0.1, 0.15) is 30.1 Å². The molecule has 1 N–H and O–H groups in total. The summed E-state index contributed by atoms with van der Waals surface area (Å²) in [5.74, 6) is -0.708. The first-order chi connectivity index (χ1) is 14.9. The number of rotatable bonds is 7. The van der Waals surface area contributed by atoms with Crippen molar-refractivity contribution in [2.24, 2.45) is 0 Å². The van der Waals surface area contributed by atoms with Crippen molar-refractivity contribution in [3.05, 3.63) is 66.2 Å². The van der Waals surface area contributed by atoms with E-state index in [0.29, 0.717) is 28.3 Å². The van der Waals surface area contributed by atoms with Gasteiger partial charge in [0.05, 0.1) is 22.8 Å². The minimum absolute atomic E-state index is 0.141. The predicted octanol–water partition coefficient (Wildman–Crippen LogP) is 3.94. The number of nitrogens with zero attached hydrogens (tertiary/aromatic N) is 1. The average Bonchev–Trinajstić information content (AvgIpc) is 2.97. The maximum Gasteiger partial charge on any atom is 0.338 e. The van der Waals surface area contributed by atoms with Gasteiger partial charge < -0.3 is 10.1 Å². The minimum Gasteiger partial charge on any atom is -0.462 e. The van der Waals surface area contributed by atoms with E-state index in [4.69, 9.17) is 4.74 Å². The van der Waals surface area contributed by atoms with Crippen molar-refractivity contribution in [3.63, 3.8) is 0 Å². The average molecular weight is 439 g/mol. The summed E-state index contributed by atoms with van der Waals surface area (Å²) < 4.78 is 32.3. The Balaban J connectivity index is 1.40. The molecular weight excluding hydrogens is 416 g/mol. The molecule has 1 heterocycles. The lowest BCUT2D eigenvalue weighted by atomic mass is 10.1. The fourth-order valence-electron chi connectivity index (χ4n) is 3.74. The summed E-state index contributed by atoms with van der Waals surface area (Å²) in [5.41, 5.74) is 1.49. The number of hydrogen-bond acceptors (Lipinski definition) is 5. The number of carbonyl (C=O) groups is 2. The van der Waals surface area contributed by atoms with Crippen LogP contribution in [0.4, 0.5) is 11.4 Å². The van der Waals surface area contributed by atoms with E-state index >= 15 is 0 Å². The number of ether oxygens (including phenoxy) is 1. The molecule has 8 heteroatoms. The van der Waals surface area contributed by atoms with Crippen LogP contribution in [0.3, 0.4) is 0 Å². The molecule has 0 unspecified atom stereocenters. The van der Waals surface area contributed by atoms with Crippen LogP contribution in [0.2, 0.25) is 0 Å². The van der Waals surface area contributed by atoms with E-state index in [1.54, 1.807) is 49.4 Å². The largest absolute Gasteiger partial charge is 0.462 e. The van der Waals surface area contributed by atoms with Gasteiger partial charge >= 0.3 is 5.97 Å². The zero-order valence-corrected chi connectivity index (χ0v) is 17.8. The Kier molecular flexibility index (Phi) is 5.65.